The van der Waals surface area contributed by atoms with Gasteiger partial charge in [0.2, 0.25) is 0 Å². The standard InChI is InChI=1S/3C29H30P.H3O4P/c3*1-22-17-19-26(20-18-22)21-30(27-14-8-5-11-23(27)2,28-15-9-6-12-24(28)3)29-16-10-7-13-25(29)4;1-5(2,3)4/h3*5-20H,21H2,1-4H3;(H3,1,2,3,4)/q3*+1;/p-3. The highest BCUT2D eigenvalue weighted by molar-refractivity contribution is 7.96. The van der Waals surface area contributed by atoms with Gasteiger partial charge in [-0.3, -0.25) is 0 Å². The van der Waals surface area contributed by atoms with Gasteiger partial charge in [-0.25, -0.2) is 0 Å². The molecule has 12 aromatic carbocycles. The van der Waals surface area contributed by atoms with Crippen molar-refractivity contribution < 1.29 is 19.2 Å². The third kappa shape index (κ3) is 16.8. The number of aryl methyl sites for hydroxylation is 12. The van der Waals surface area contributed by atoms with Gasteiger partial charge in [0.25, 0.3) is 0 Å². The van der Waals surface area contributed by atoms with Crippen molar-refractivity contribution in [1.82, 2.24) is 0 Å². The Labute approximate surface area is 569 Å². The molecule has 482 valence electrons. The summed E-state index contributed by atoms with van der Waals surface area (Å²) < 4.78 is 8.55. The maximum Gasteiger partial charge on any atom is 0.117 e. The fourth-order valence-electron chi connectivity index (χ4n) is 13.8. The Morgan fingerprint density at radius 3 is 0.442 bits per heavy atom. The fraction of sp³-hybridized carbons (Fsp3) is 0.172. The highest BCUT2D eigenvalue weighted by Crippen LogP contribution is 2.62. The highest BCUT2D eigenvalue weighted by Gasteiger charge is 2.51. The topological polar surface area (TPSA) is 86.2 Å². The number of hydrogen-bond acceptors (Lipinski definition) is 4. The van der Waals surface area contributed by atoms with Crippen LogP contribution in [0.1, 0.15) is 83.5 Å². The first-order valence-electron chi connectivity index (χ1n) is 32.7. The van der Waals surface area contributed by atoms with Crippen LogP contribution < -0.4 is 62.4 Å². The largest absolute Gasteiger partial charge is 0.822 e. The zero-order valence-electron chi connectivity index (χ0n) is 57.3. The van der Waals surface area contributed by atoms with Crippen LogP contribution in [0.15, 0.2) is 291 Å². The Kier molecular flexibility index (Phi) is 24.2. The molecular formula is C87H90O4P4. The van der Waals surface area contributed by atoms with Gasteiger partial charge in [0.1, 0.15) is 69.5 Å². The van der Waals surface area contributed by atoms with E-state index < -0.39 is 29.6 Å². The Bertz CT molecular complexity index is 3780. The van der Waals surface area contributed by atoms with Crippen molar-refractivity contribution in [2.75, 3.05) is 0 Å². The van der Waals surface area contributed by atoms with Crippen molar-refractivity contribution in [3.8, 4) is 0 Å². The third-order valence-corrected chi connectivity index (χ3v) is 32.8. The molecule has 0 amide bonds. The molecule has 0 aliphatic heterocycles. The molecule has 12 rings (SSSR count). The summed E-state index contributed by atoms with van der Waals surface area (Å²) in [6, 6.07) is 109. The van der Waals surface area contributed by atoms with Crippen LogP contribution in [0.5, 0.6) is 0 Å². The third-order valence-electron chi connectivity index (χ3n) is 18.4. The van der Waals surface area contributed by atoms with Crippen molar-refractivity contribution in [1.29, 1.82) is 0 Å². The van der Waals surface area contributed by atoms with E-state index in [1.165, 1.54) is 131 Å². The molecule has 0 bridgehead atoms. The van der Waals surface area contributed by atoms with Crippen LogP contribution in [0.25, 0.3) is 0 Å². The minimum Gasteiger partial charge on any atom is -0.822 e. The molecule has 0 saturated carbocycles. The summed E-state index contributed by atoms with van der Waals surface area (Å²) in [4.78, 5) is 25.6. The molecule has 4 nitrogen and oxygen atoms in total. The number of rotatable bonds is 15. The predicted octanol–water partition coefficient (Wildman–Crippen LogP) is 16.4. The van der Waals surface area contributed by atoms with Gasteiger partial charge in [0.15, 0.2) is 0 Å². The predicted molar refractivity (Wildman–Crippen MR) is 410 cm³/mol. The van der Waals surface area contributed by atoms with Crippen LogP contribution in [0.2, 0.25) is 0 Å². The lowest BCUT2D eigenvalue weighted by molar-refractivity contribution is -0.432. The van der Waals surface area contributed by atoms with E-state index in [0.29, 0.717) is 0 Å². The van der Waals surface area contributed by atoms with E-state index in [2.05, 4.69) is 374 Å². The van der Waals surface area contributed by atoms with Gasteiger partial charge in [-0.05, 0) is 204 Å². The van der Waals surface area contributed by atoms with E-state index >= 15 is 0 Å². The van der Waals surface area contributed by atoms with Crippen molar-refractivity contribution >= 4 is 77.4 Å². The summed E-state index contributed by atoms with van der Waals surface area (Å²) in [5.74, 6) is 0. The Morgan fingerprint density at radius 1 is 0.211 bits per heavy atom. The van der Waals surface area contributed by atoms with E-state index in [1.54, 1.807) is 0 Å². The summed E-state index contributed by atoms with van der Waals surface area (Å²) in [7, 11) is -11.1. The van der Waals surface area contributed by atoms with Gasteiger partial charge in [0.05, 0.1) is 18.5 Å². The summed E-state index contributed by atoms with van der Waals surface area (Å²) in [6.07, 6.45) is 3.11. The molecule has 12 aromatic rings. The van der Waals surface area contributed by atoms with Gasteiger partial charge in [0, 0.05) is 0 Å². The zero-order chi connectivity index (χ0) is 67.9. The molecule has 0 atom stereocenters. The quantitative estimate of drug-likeness (QED) is 0.0957. The minimum absolute atomic E-state index is 1.04. The fourth-order valence-corrected chi connectivity index (χ4v) is 29.1. The van der Waals surface area contributed by atoms with Crippen LogP contribution in [-0.2, 0) is 23.1 Å². The monoisotopic (exact) mass is 1320 g/mol. The second-order valence-electron chi connectivity index (χ2n) is 25.4. The van der Waals surface area contributed by atoms with Gasteiger partial charge < -0.3 is 19.2 Å². The zero-order valence-corrected chi connectivity index (χ0v) is 60.8. The summed E-state index contributed by atoms with van der Waals surface area (Å²) >= 11 is 0. The Hall–Kier alpha value is -7.96. The van der Waals surface area contributed by atoms with Crippen molar-refractivity contribution in [3.05, 3.63) is 375 Å². The molecule has 0 fully saturated rings. The SMILES string of the molecule is Cc1ccc(C[P+](c2ccccc2C)(c2ccccc2C)c2ccccc2C)cc1.Cc1ccc(C[P+](c2ccccc2C)(c2ccccc2C)c2ccccc2C)cc1.Cc1ccc(C[P+](c2ccccc2C)(c2ccccc2C)c2ccccc2C)cc1.O=P([O-])([O-])[O-]. The van der Waals surface area contributed by atoms with E-state index in [0.717, 1.165) is 18.5 Å². The molecule has 0 N–H and O–H groups in total. The number of benzene rings is 12. The van der Waals surface area contributed by atoms with Crippen LogP contribution in [0.4, 0.5) is 0 Å². The first-order chi connectivity index (χ1) is 45.6. The van der Waals surface area contributed by atoms with E-state index in [9.17, 15) is 0 Å². The smallest absolute Gasteiger partial charge is 0.117 e. The maximum absolute atomic E-state index is 8.55. The lowest BCUT2D eigenvalue weighted by Gasteiger charge is -2.36. The molecule has 0 unspecified atom stereocenters. The highest BCUT2D eigenvalue weighted by atomic mass is 31.2. The molecule has 95 heavy (non-hydrogen) atoms. The summed E-state index contributed by atoms with van der Waals surface area (Å²) in [6.45, 7) is 27.0. The van der Waals surface area contributed by atoms with E-state index in [1.807, 2.05) is 0 Å². The first-order valence-corrected chi connectivity index (χ1v) is 40.0. The molecular weight excluding hydrogens is 1230 g/mol. The Balaban J connectivity index is 0.000000161. The van der Waals surface area contributed by atoms with Gasteiger partial charge in [-0.1, -0.05) is 253 Å². The normalized spacial score (nSPS) is 11.5. The van der Waals surface area contributed by atoms with Crippen LogP contribution in [0.3, 0.4) is 0 Å². The molecule has 0 heterocycles. The molecule has 0 radical (unpaired) electrons. The van der Waals surface area contributed by atoms with Crippen LogP contribution in [-0.4, -0.2) is 0 Å². The number of phosphoric acid groups is 1. The number of hydrogen-bond donors (Lipinski definition) is 0. The lowest BCUT2D eigenvalue weighted by atomic mass is 10.2. The van der Waals surface area contributed by atoms with Gasteiger partial charge in [-0.2, -0.15) is 7.82 Å². The average Bonchev–Trinajstić information content (AvgIpc) is 0.752. The molecule has 0 saturated heterocycles. The van der Waals surface area contributed by atoms with Gasteiger partial charge in [-0.15, -0.1) is 0 Å². The molecule has 8 heteroatoms. The molecule has 0 aromatic heterocycles. The Morgan fingerprint density at radius 2 is 0.326 bits per heavy atom. The van der Waals surface area contributed by atoms with Crippen molar-refractivity contribution in [2.24, 2.45) is 0 Å². The van der Waals surface area contributed by atoms with Gasteiger partial charge >= 0.3 is 0 Å². The maximum atomic E-state index is 8.55. The summed E-state index contributed by atoms with van der Waals surface area (Å²) in [5, 5.41) is 13.5. The average molecular weight is 1320 g/mol. The second kappa shape index (κ2) is 32.2. The van der Waals surface area contributed by atoms with E-state index in [4.69, 9.17) is 19.2 Å². The second-order valence-corrected chi connectivity index (χ2v) is 36.4. The summed E-state index contributed by atoms with van der Waals surface area (Å²) in [5.41, 5.74) is 20.6. The lowest BCUT2D eigenvalue weighted by Crippen LogP contribution is -2.36. The minimum atomic E-state index is -5.39. The molecule has 0 aliphatic rings. The first kappa shape index (κ1) is 71.3. The van der Waals surface area contributed by atoms with Crippen LogP contribution >= 0.6 is 29.6 Å². The molecule has 0 aliphatic carbocycles. The van der Waals surface area contributed by atoms with E-state index in [-0.39, 0.29) is 0 Å². The van der Waals surface area contributed by atoms with Crippen molar-refractivity contribution in [3.63, 3.8) is 0 Å². The van der Waals surface area contributed by atoms with Crippen molar-refractivity contribution in [2.45, 2.75) is 102 Å². The molecule has 0 spiro atoms. The van der Waals surface area contributed by atoms with Crippen LogP contribution in [0, 0.1) is 83.1 Å².